The first kappa shape index (κ1) is 21.0. The van der Waals surface area contributed by atoms with Crippen molar-refractivity contribution in [3.05, 3.63) is 106 Å². The number of hydrogen-bond acceptors (Lipinski definition) is 4. The number of Topliss-reactive ketones (excluding diaryl/α,β-unsaturated/α-hetero) is 1. The summed E-state index contributed by atoms with van der Waals surface area (Å²) in [5, 5.41) is 9.79. The SMILES string of the molecule is CC1(C)c2ccccc2-[n+]2ccc(C(C#N)=CCC=C3C(=O)c4ccccc4S3(=O)=O)cc21. The van der Waals surface area contributed by atoms with Crippen LogP contribution in [-0.2, 0) is 15.3 Å². The van der Waals surface area contributed by atoms with Gasteiger partial charge in [0, 0.05) is 34.9 Å². The number of carbonyl (C=O) groups excluding carboxylic acids is 1. The predicted molar refractivity (Wildman–Crippen MR) is 124 cm³/mol. The molecule has 0 bridgehead atoms. The molecule has 5 rings (SSSR count). The van der Waals surface area contributed by atoms with Crippen molar-refractivity contribution in [1.82, 2.24) is 0 Å². The van der Waals surface area contributed by atoms with Gasteiger partial charge in [-0.25, -0.2) is 8.42 Å². The minimum atomic E-state index is -3.82. The van der Waals surface area contributed by atoms with Crippen LogP contribution in [0.4, 0.5) is 0 Å². The molecule has 162 valence electrons. The van der Waals surface area contributed by atoms with Gasteiger partial charge in [0.15, 0.2) is 11.9 Å². The van der Waals surface area contributed by atoms with E-state index < -0.39 is 15.6 Å². The molecule has 0 aliphatic carbocycles. The van der Waals surface area contributed by atoms with Crippen LogP contribution < -0.4 is 4.57 Å². The Morgan fingerprint density at radius 1 is 1.09 bits per heavy atom. The average molecular weight is 454 g/mol. The molecule has 0 saturated carbocycles. The quantitative estimate of drug-likeness (QED) is 0.333. The lowest BCUT2D eigenvalue weighted by molar-refractivity contribution is -0.599. The third kappa shape index (κ3) is 3.08. The first-order valence-corrected chi connectivity index (χ1v) is 12.1. The van der Waals surface area contributed by atoms with E-state index in [-0.39, 0.29) is 27.2 Å². The molecule has 5 nitrogen and oxygen atoms in total. The molecule has 1 aromatic heterocycles. The molecule has 2 aliphatic rings. The van der Waals surface area contributed by atoms with Crippen LogP contribution in [0.15, 0.2) is 88.8 Å². The Kier molecular flexibility index (Phi) is 4.70. The second-order valence-electron chi connectivity index (χ2n) is 8.68. The molecule has 0 spiro atoms. The summed E-state index contributed by atoms with van der Waals surface area (Å²) in [6.07, 6.45) is 5.19. The predicted octanol–water partition coefficient (Wildman–Crippen LogP) is 4.45. The molecule has 0 amide bonds. The molecule has 3 heterocycles. The molecular formula is C27H21N2O3S+. The summed E-state index contributed by atoms with van der Waals surface area (Å²) in [6.45, 7) is 4.31. The van der Waals surface area contributed by atoms with Gasteiger partial charge < -0.3 is 0 Å². The summed E-state index contributed by atoms with van der Waals surface area (Å²) in [5.41, 5.74) is 4.59. The van der Waals surface area contributed by atoms with Crippen molar-refractivity contribution in [3.63, 3.8) is 0 Å². The number of para-hydroxylation sites is 1. The number of allylic oxidation sites excluding steroid dienone is 4. The fourth-order valence-electron chi connectivity index (χ4n) is 4.69. The lowest BCUT2D eigenvalue weighted by atomic mass is 9.82. The molecule has 0 saturated heterocycles. The molecule has 0 atom stereocenters. The zero-order valence-electron chi connectivity index (χ0n) is 18.2. The third-order valence-corrected chi connectivity index (χ3v) is 8.29. The molecule has 6 heteroatoms. The zero-order valence-corrected chi connectivity index (χ0v) is 19.1. The van der Waals surface area contributed by atoms with E-state index in [1.807, 2.05) is 30.5 Å². The summed E-state index contributed by atoms with van der Waals surface area (Å²) in [6, 6.07) is 20.6. The van der Waals surface area contributed by atoms with E-state index in [0.29, 0.717) is 5.57 Å². The number of aromatic nitrogens is 1. The van der Waals surface area contributed by atoms with Gasteiger partial charge in [0.25, 0.3) is 0 Å². The lowest BCUT2D eigenvalue weighted by Crippen LogP contribution is -2.34. The van der Waals surface area contributed by atoms with Crippen molar-refractivity contribution in [2.24, 2.45) is 0 Å². The van der Waals surface area contributed by atoms with Crippen molar-refractivity contribution in [3.8, 4) is 11.8 Å². The Morgan fingerprint density at radius 3 is 2.58 bits per heavy atom. The van der Waals surface area contributed by atoms with Crippen LogP contribution in [0.2, 0.25) is 0 Å². The summed E-state index contributed by atoms with van der Waals surface area (Å²) < 4.78 is 27.6. The van der Waals surface area contributed by atoms with Crippen molar-refractivity contribution >= 4 is 21.2 Å². The maximum Gasteiger partial charge on any atom is 0.215 e. The summed E-state index contributed by atoms with van der Waals surface area (Å²) in [4.78, 5) is 12.4. The van der Waals surface area contributed by atoms with Gasteiger partial charge >= 0.3 is 0 Å². The highest BCUT2D eigenvalue weighted by Gasteiger charge is 2.43. The molecule has 2 aromatic carbocycles. The van der Waals surface area contributed by atoms with Gasteiger partial charge in [0.1, 0.15) is 4.91 Å². The Labute approximate surface area is 192 Å². The summed E-state index contributed by atoms with van der Waals surface area (Å²) >= 11 is 0. The zero-order chi connectivity index (χ0) is 23.4. The fraction of sp³-hybridized carbons (Fsp3) is 0.148. The van der Waals surface area contributed by atoms with Crippen LogP contribution >= 0.6 is 0 Å². The van der Waals surface area contributed by atoms with Crippen LogP contribution in [0.5, 0.6) is 0 Å². The number of sulfone groups is 1. The smallest absolute Gasteiger partial charge is 0.215 e. The lowest BCUT2D eigenvalue weighted by Gasteiger charge is -2.14. The van der Waals surface area contributed by atoms with E-state index in [4.69, 9.17) is 0 Å². The second-order valence-corrected chi connectivity index (χ2v) is 10.6. The largest absolute Gasteiger partial charge is 0.288 e. The van der Waals surface area contributed by atoms with E-state index in [9.17, 15) is 18.5 Å². The highest BCUT2D eigenvalue weighted by Crippen LogP contribution is 2.38. The average Bonchev–Trinajstić information content (AvgIpc) is 3.16. The standard InChI is InChI=1S/C27H21N2O3S/c1-27(2)21-10-4-5-11-22(21)29-15-14-18(16-25(27)29)19(17-28)8-7-13-24-26(30)20-9-3-6-12-23(20)33(24,31)32/h3-6,8-16H,7H2,1-2H3/q+1. The number of pyridine rings is 1. The number of nitriles is 1. The topological polar surface area (TPSA) is 78.9 Å². The van der Waals surface area contributed by atoms with Gasteiger partial charge in [0.05, 0.1) is 22.0 Å². The maximum absolute atomic E-state index is 12.7. The van der Waals surface area contributed by atoms with Crippen LogP contribution in [0.1, 0.15) is 47.4 Å². The molecular weight excluding hydrogens is 432 g/mol. The highest BCUT2D eigenvalue weighted by molar-refractivity contribution is 7.97. The Hall–Kier alpha value is -3.82. The molecule has 33 heavy (non-hydrogen) atoms. The number of nitrogens with zero attached hydrogens (tertiary/aromatic N) is 2. The van der Waals surface area contributed by atoms with Crippen LogP contribution in [-0.4, -0.2) is 14.2 Å². The number of carbonyl (C=O) groups is 1. The third-order valence-electron chi connectivity index (χ3n) is 6.42. The van der Waals surface area contributed by atoms with Gasteiger partial charge in [0.2, 0.25) is 21.3 Å². The monoisotopic (exact) mass is 453 g/mol. The van der Waals surface area contributed by atoms with Crippen LogP contribution in [0.3, 0.4) is 0 Å². The Morgan fingerprint density at radius 2 is 1.82 bits per heavy atom. The van der Waals surface area contributed by atoms with Gasteiger partial charge in [-0.1, -0.05) is 42.5 Å². The summed E-state index contributed by atoms with van der Waals surface area (Å²) in [7, 11) is -3.82. The van der Waals surface area contributed by atoms with Crippen molar-refractivity contribution < 1.29 is 17.8 Å². The van der Waals surface area contributed by atoms with Crippen LogP contribution in [0, 0.1) is 11.3 Å². The Balaban J connectivity index is 1.48. The minimum Gasteiger partial charge on any atom is -0.288 e. The minimum absolute atomic E-state index is 0.0446. The molecule has 0 N–H and O–H groups in total. The number of ketones is 1. The van der Waals surface area contributed by atoms with Crippen molar-refractivity contribution in [1.29, 1.82) is 5.26 Å². The highest BCUT2D eigenvalue weighted by atomic mass is 32.2. The molecule has 2 aliphatic heterocycles. The van der Waals surface area contributed by atoms with Gasteiger partial charge in [-0.15, -0.1) is 0 Å². The molecule has 0 radical (unpaired) electrons. The van der Waals surface area contributed by atoms with Crippen molar-refractivity contribution in [2.45, 2.75) is 30.6 Å². The van der Waals surface area contributed by atoms with Gasteiger partial charge in [-0.05, 0) is 32.4 Å². The Bertz CT molecular complexity index is 1550. The number of hydrogen-bond donors (Lipinski definition) is 0. The van der Waals surface area contributed by atoms with E-state index in [1.165, 1.54) is 23.8 Å². The van der Waals surface area contributed by atoms with Crippen molar-refractivity contribution in [2.75, 3.05) is 0 Å². The number of fused-ring (bicyclic) bond motifs is 4. The van der Waals surface area contributed by atoms with Gasteiger partial charge in [-0.2, -0.15) is 9.83 Å². The number of benzene rings is 2. The first-order valence-electron chi connectivity index (χ1n) is 10.6. The fourth-order valence-corrected chi connectivity index (χ4v) is 6.30. The summed E-state index contributed by atoms with van der Waals surface area (Å²) in [5.74, 6) is -0.494. The van der Waals surface area contributed by atoms with E-state index in [1.54, 1.807) is 18.2 Å². The van der Waals surface area contributed by atoms with E-state index in [2.05, 4.69) is 36.6 Å². The normalized spacial score (nSPS) is 18.5. The number of rotatable bonds is 3. The van der Waals surface area contributed by atoms with Gasteiger partial charge in [-0.3, -0.25) is 4.79 Å². The molecule has 0 fully saturated rings. The van der Waals surface area contributed by atoms with Crippen LogP contribution in [0.25, 0.3) is 11.3 Å². The maximum atomic E-state index is 12.7. The second kappa shape index (κ2) is 7.36. The van der Waals surface area contributed by atoms with E-state index >= 15 is 0 Å². The molecule has 0 unspecified atom stereocenters. The van der Waals surface area contributed by atoms with E-state index in [0.717, 1.165) is 16.9 Å². The molecule has 3 aromatic rings. The first-order chi connectivity index (χ1) is 15.8.